The highest BCUT2D eigenvalue weighted by molar-refractivity contribution is 5.98. The van der Waals surface area contributed by atoms with Gasteiger partial charge in [0.15, 0.2) is 0 Å². The molecular weight excluding hydrogens is 340 g/mol. The van der Waals surface area contributed by atoms with Gasteiger partial charge < -0.3 is 14.7 Å². The lowest BCUT2D eigenvalue weighted by molar-refractivity contribution is -0.138. The molecule has 3 fully saturated rings. The van der Waals surface area contributed by atoms with Crippen LogP contribution in [-0.4, -0.2) is 66.9 Å². The van der Waals surface area contributed by atoms with E-state index in [1.807, 2.05) is 12.1 Å². The van der Waals surface area contributed by atoms with E-state index in [0.717, 1.165) is 57.2 Å². The van der Waals surface area contributed by atoms with Gasteiger partial charge in [0.2, 0.25) is 5.91 Å². The summed E-state index contributed by atoms with van der Waals surface area (Å²) in [6, 6.07) is 3.70. The number of piperidine rings is 2. The molecule has 3 aliphatic rings. The Kier molecular flexibility index (Phi) is 4.82. The molecule has 3 heterocycles. The predicted octanol–water partition coefficient (Wildman–Crippen LogP) is 2.40. The number of hydrogen-bond donors (Lipinski definition) is 0. The first-order chi connectivity index (χ1) is 13.0. The number of pyridine rings is 1. The Bertz CT molecular complexity index is 731. The molecule has 1 spiro atoms. The van der Waals surface area contributed by atoms with Crippen LogP contribution in [-0.2, 0) is 4.79 Å². The van der Waals surface area contributed by atoms with E-state index in [9.17, 15) is 9.59 Å². The Balaban J connectivity index is 1.55. The third-order valence-corrected chi connectivity index (χ3v) is 6.31. The first-order valence-corrected chi connectivity index (χ1v) is 10.2. The maximum Gasteiger partial charge on any atom is 0.257 e. The molecule has 2 amide bonds. The molecule has 0 radical (unpaired) electrons. The number of anilines is 1. The summed E-state index contributed by atoms with van der Waals surface area (Å²) in [5.74, 6) is 1.84. The van der Waals surface area contributed by atoms with Crippen molar-refractivity contribution in [2.24, 2.45) is 11.3 Å². The second-order valence-electron chi connectivity index (χ2n) is 8.82. The van der Waals surface area contributed by atoms with Crippen LogP contribution in [0.15, 0.2) is 18.3 Å². The molecule has 0 unspecified atom stereocenters. The van der Waals surface area contributed by atoms with Crippen molar-refractivity contribution in [3.8, 4) is 0 Å². The minimum atomic E-state index is -0.00750. The first kappa shape index (κ1) is 18.3. The predicted molar refractivity (Wildman–Crippen MR) is 105 cm³/mol. The van der Waals surface area contributed by atoms with Crippen LogP contribution in [0.2, 0.25) is 0 Å². The fourth-order valence-electron chi connectivity index (χ4n) is 4.66. The third kappa shape index (κ3) is 3.80. The normalized spacial score (nSPS) is 25.8. The van der Waals surface area contributed by atoms with Gasteiger partial charge in [-0.25, -0.2) is 4.98 Å². The number of nitrogens with zero attached hydrogens (tertiary/aromatic N) is 4. The molecule has 1 atom stereocenters. The molecule has 27 heavy (non-hydrogen) atoms. The van der Waals surface area contributed by atoms with Gasteiger partial charge in [0.1, 0.15) is 5.82 Å². The maximum absolute atomic E-state index is 12.6. The minimum Gasteiger partial charge on any atom is -0.355 e. The molecule has 146 valence electrons. The van der Waals surface area contributed by atoms with E-state index in [1.54, 1.807) is 25.2 Å². The van der Waals surface area contributed by atoms with Crippen LogP contribution in [0.1, 0.15) is 48.9 Å². The fraction of sp³-hybridized carbons (Fsp3) is 0.667. The van der Waals surface area contributed by atoms with E-state index >= 15 is 0 Å². The smallest absolute Gasteiger partial charge is 0.257 e. The minimum absolute atomic E-state index is 0.00750. The molecular formula is C21H30N4O2. The molecule has 1 aromatic heterocycles. The van der Waals surface area contributed by atoms with E-state index in [1.165, 1.54) is 12.8 Å². The van der Waals surface area contributed by atoms with Gasteiger partial charge in [-0.05, 0) is 50.2 Å². The molecule has 2 saturated heterocycles. The molecule has 0 N–H and O–H groups in total. The molecule has 1 saturated carbocycles. The molecule has 4 rings (SSSR count). The molecule has 1 aliphatic carbocycles. The van der Waals surface area contributed by atoms with Gasteiger partial charge >= 0.3 is 0 Å². The van der Waals surface area contributed by atoms with Crippen molar-refractivity contribution in [1.82, 2.24) is 14.8 Å². The number of likely N-dealkylation sites (tertiary alicyclic amines) is 1. The highest BCUT2D eigenvalue weighted by Crippen LogP contribution is 2.41. The van der Waals surface area contributed by atoms with Gasteiger partial charge in [-0.2, -0.15) is 0 Å². The Morgan fingerprint density at radius 3 is 2.85 bits per heavy atom. The van der Waals surface area contributed by atoms with Gasteiger partial charge in [-0.3, -0.25) is 9.59 Å². The van der Waals surface area contributed by atoms with E-state index in [0.29, 0.717) is 17.9 Å². The van der Waals surface area contributed by atoms with Gasteiger partial charge in [0.25, 0.3) is 5.91 Å². The summed E-state index contributed by atoms with van der Waals surface area (Å²) in [4.78, 5) is 35.6. The van der Waals surface area contributed by atoms with E-state index < -0.39 is 0 Å². The van der Waals surface area contributed by atoms with Crippen molar-refractivity contribution in [3.05, 3.63) is 23.9 Å². The number of hydrogen-bond acceptors (Lipinski definition) is 4. The van der Waals surface area contributed by atoms with Crippen molar-refractivity contribution < 1.29 is 9.59 Å². The van der Waals surface area contributed by atoms with Crippen LogP contribution in [0.4, 0.5) is 5.82 Å². The standard InChI is InChI=1S/C21H30N4O2/c1-23(2)20(27)17-5-3-11-22-19(17)24-12-4-9-21(14-24)10-8-18(26)25(15-21)13-16-6-7-16/h3,5,11,16H,4,6-10,12-15H2,1-2H3/t21-/m0/s1. The summed E-state index contributed by atoms with van der Waals surface area (Å²) >= 11 is 0. The van der Waals surface area contributed by atoms with E-state index in [4.69, 9.17) is 0 Å². The van der Waals surface area contributed by atoms with Crippen LogP contribution in [0, 0.1) is 11.3 Å². The number of rotatable bonds is 4. The van der Waals surface area contributed by atoms with Crippen molar-refractivity contribution >= 4 is 17.6 Å². The molecule has 6 heteroatoms. The number of amides is 2. The average molecular weight is 370 g/mol. The Labute approximate surface area is 161 Å². The molecule has 2 aliphatic heterocycles. The third-order valence-electron chi connectivity index (χ3n) is 6.31. The quantitative estimate of drug-likeness (QED) is 0.817. The van der Waals surface area contributed by atoms with Gasteiger partial charge in [0.05, 0.1) is 5.56 Å². The van der Waals surface area contributed by atoms with Gasteiger partial charge in [0, 0.05) is 58.3 Å². The summed E-state index contributed by atoms with van der Waals surface area (Å²) in [5, 5.41) is 0. The molecule has 0 bridgehead atoms. The van der Waals surface area contributed by atoms with Crippen LogP contribution in [0.25, 0.3) is 0 Å². The van der Waals surface area contributed by atoms with Gasteiger partial charge in [-0.1, -0.05) is 0 Å². The zero-order valence-corrected chi connectivity index (χ0v) is 16.5. The van der Waals surface area contributed by atoms with Crippen LogP contribution in [0.3, 0.4) is 0 Å². The fourth-order valence-corrected chi connectivity index (χ4v) is 4.66. The van der Waals surface area contributed by atoms with Crippen molar-refractivity contribution in [2.75, 3.05) is 45.2 Å². The number of aromatic nitrogens is 1. The number of carbonyl (C=O) groups is 2. The average Bonchev–Trinajstić information content (AvgIpc) is 3.48. The highest BCUT2D eigenvalue weighted by atomic mass is 16.2. The Hall–Kier alpha value is -2.11. The van der Waals surface area contributed by atoms with Crippen LogP contribution in [0.5, 0.6) is 0 Å². The van der Waals surface area contributed by atoms with E-state index in [-0.39, 0.29) is 11.3 Å². The molecule has 6 nitrogen and oxygen atoms in total. The van der Waals surface area contributed by atoms with Crippen molar-refractivity contribution in [3.63, 3.8) is 0 Å². The largest absolute Gasteiger partial charge is 0.355 e. The highest BCUT2D eigenvalue weighted by Gasteiger charge is 2.43. The van der Waals surface area contributed by atoms with E-state index in [2.05, 4.69) is 14.8 Å². The molecule has 0 aromatic carbocycles. The summed E-state index contributed by atoms with van der Waals surface area (Å²) in [6.07, 6.45) is 8.16. The topological polar surface area (TPSA) is 56.8 Å². The van der Waals surface area contributed by atoms with Crippen LogP contribution < -0.4 is 4.90 Å². The summed E-state index contributed by atoms with van der Waals surface area (Å²) < 4.78 is 0. The Morgan fingerprint density at radius 1 is 1.30 bits per heavy atom. The van der Waals surface area contributed by atoms with Crippen molar-refractivity contribution in [2.45, 2.75) is 38.5 Å². The Morgan fingerprint density at radius 2 is 2.11 bits per heavy atom. The van der Waals surface area contributed by atoms with Crippen molar-refractivity contribution in [1.29, 1.82) is 0 Å². The maximum atomic E-state index is 12.6. The SMILES string of the molecule is CN(C)C(=O)c1cccnc1N1CCC[C@]2(CCC(=O)N(CC3CC3)C2)C1. The number of carbonyl (C=O) groups excluding carboxylic acids is 2. The van der Waals surface area contributed by atoms with Gasteiger partial charge in [-0.15, -0.1) is 0 Å². The summed E-state index contributed by atoms with van der Waals surface area (Å²) in [7, 11) is 3.55. The molecule has 1 aromatic rings. The lowest BCUT2D eigenvalue weighted by Crippen LogP contribution is -2.54. The second kappa shape index (κ2) is 7.13. The summed E-state index contributed by atoms with van der Waals surface area (Å²) in [6.45, 7) is 3.60. The monoisotopic (exact) mass is 370 g/mol. The first-order valence-electron chi connectivity index (χ1n) is 10.2. The lowest BCUT2D eigenvalue weighted by atomic mass is 9.73. The lowest BCUT2D eigenvalue weighted by Gasteiger charge is -2.48. The zero-order chi connectivity index (χ0) is 19.0. The van der Waals surface area contributed by atoms with Crippen LogP contribution >= 0.6 is 0 Å². The zero-order valence-electron chi connectivity index (χ0n) is 16.5. The second-order valence-corrected chi connectivity index (χ2v) is 8.82. The summed E-state index contributed by atoms with van der Waals surface area (Å²) in [5.41, 5.74) is 0.804.